The number of ether oxygens (including phenoxy) is 1. The topological polar surface area (TPSA) is 49.9 Å². The highest BCUT2D eigenvalue weighted by Gasteiger charge is 2.42. The van der Waals surface area contributed by atoms with Gasteiger partial charge in [-0.1, -0.05) is 23.7 Å². The van der Waals surface area contributed by atoms with Crippen molar-refractivity contribution in [3.05, 3.63) is 34.9 Å². The summed E-state index contributed by atoms with van der Waals surface area (Å²) in [6.45, 7) is 2.77. The minimum absolute atomic E-state index is 0.0264. The first-order chi connectivity index (χ1) is 11.5. The van der Waals surface area contributed by atoms with E-state index >= 15 is 0 Å². The first kappa shape index (κ1) is 17.2. The van der Waals surface area contributed by atoms with Crippen molar-refractivity contribution in [2.75, 3.05) is 20.2 Å². The number of piperidine rings is 1. The van der Waals surface area contributed by atoms with Crippen molar-refractivity contribution >= 4 is 23.4 Å². The Morgan fingerprint density at radius 1 is 1.25 bits per heavy atom. The van der Waals surface area contributed by atoms with E-state index in [9.17, 15) is 9.59 Å². The molecule has 0 bridgehead atoms. The molecule has 0 spiro atoms. The first-order valence-corrected chi connectivity index (χ1v) is 8.80. The summed E-state index contributed by atoms with van der Waals surface area (Å²) < 4.78 is 5.71. The number of nitrogens with zero attached hydrogens (tertiary/aromatic N) is 2. The Morgan fingerprint density at radius 3 is 2.62 bits per heavy atom. The summed E-state index contributed by atoms with van der Waals surface area (Å²) in [5, 5.41) is 0.622. The second kappa shape index (κ2) is 7.11. The maximum Gasteiger partial charge on any atom is 0.254 e. The van der Waals surface area contributed by atoms with Crippen LogP contribution >= 0.6 is 11.6 Å². The number of benzene rings is 1. The van der Waals surface area contributed by atoms with Gasteiger partial charge in [0.25, 0.3) is 5.91 Å². The first-order valence-electron chi connectivity index (χ1n) is 8.42. The highest BCUT2D eigenvalue weighted by atomic mass is 35.5. The summed E-state index contributed by atoms with van der Waals surface area (Å²) in [7, 11) is 1.73. The molecule has 2 saturated heterocycles. The van der Waals surface area contributed by atoms with Crippen LogP contribution in [0.5, 0.6) is 0 Å². The third kappa shape index (κ3) is 3.28. The number of morpholine rings is 1. The van der Waals surface area contributed by atoms with Gasteiger partial charge in [-0.3, -0.25) is 9.59 Å². The molecule has 0 aliphatic carbocycles. The number of hydrogen-bond acceptors (Lipinski definition) is 3. The lowest BCUT2D eigenvalue weighted by Crippen LogP contribution is -2.56. The summed E-state index contributed by atoms with van der Waals surface area (Å²) in [6, 6.07) is 7.04. The van der Waals surface area contributed by atoms with Gasteiger partial charge >= 0.3 is 0 Å². The molecule has 2 aliphatic heterocycles. The summed E-state index contributed by atoms with van der Waals surface area (Å²) >= 11 is 5.97. The molecule has 1 aromatic carbocycles. The Bertz CT molecular complexity index is 619. The number of carbonyl (C=O) groups excluding carboxylic acids is 2. The Kier molecular flexibility index (Phi) is 5.11. The smallest absolute Gasteiger partial charge is 0.254 e. The fourth-order valence-corrected chi connectivity index (χ4v) is 3.69. The largest absolute Gasteiger partial charge is 0.356 e. The Balaban J connectivity index is 1.89. The zero-order valence-corrected chi connectivity index (χ0v) is 14.8. The minimum atomic E-state index is -0.672. The van der Waals surface area contributed by atoms with E-state index in [0.29, 0.717) is 5.02 Å². The second-order valence-corrected chi connectivity index (χ2v) is 7.05. The predicted octanol–water partition coefficient (Wildman–Crippen LogP) is 2.64. The van der Waals surface area contributed by atoms with Crippen LogP contribution in [0.15, 0.2) is 24.3 Å². The Hall–Kier alpha value is -1.59. The van der Waals surface area contributed by atoms with Gasteiger partial charge in [-0.15, -0.1) is 0 Å². The van der Waals surface area contributed by atoms with Crippen molar-refractivity contribution in [2.45, 2.75) is 44.4 Å². The lowest BCUT2D eigenvalue weighted by atomic mass is 9.95. The zero-order valence-electron chi connectivity index (χ0n) is 14.1. The molecule has 2 amide bonds. The zero-order chi connectivity index (χ0) is 17.3. The molecule has 0 N–H and O–H groups in total. The maximum atomic E-state index is 13.1. The van der Waals surface area contributed by atoms with E-state index in [-0.39, 0.29) is 24.5 Å². The van der Waals surface area contributed by atoms with Crippen LogP contribution in [0.4, 0.5) is 0 Å². The number of likely N-dealkylation sites (N-methyl/N-ethyl adjacent to an activating group) is 1. The minimum Gasteiger partial charge on any atom is -0.356 e. The monoisotopic (exact) mass is 350 g/mol. The van der Waals surface area contributed by atoms with E-state index in [1.807, 2.05) is 17.0 Å². The van der Waals surface area contributed by atoms with E-state index < -0.39 is 12.1 Å². The summed E-state index contributed by atoms with van der Waals surface area (Å²) in [4.78, 5) is 28.7. The molecular weight excluding hydrogens is 328 g/mol. The molecule has 0 unspecified atom stereocenters. The molecule has 130 valence electrons. The van der Waals surface area contributed by atoms with Crippen LogP contribution in [0.25, 0.3) is 0 Å². The van der Waals surface area contributed by atoms with E-state index in [4.69, 9.17) is 16.3 Å². The molecule has 6 heteroatoms. The molecule has 1 aromatic rings. The van der Waals surface area contributed by atoms with Gasteiger partial charge in [0, 0.05) is 24.7 Å². The highest BCUT2D eigenvalue weighted by molar-refractivity contribution is 6.30. The number of rotatable bonds is 2. The van der Waals surface area contributed by atoms with Gasteiger partial charge in [-0.05, 0) is 43.9 Å². The highest BCUT2D eigenvalue weighted by Crippen LogP contribution is 2.32. The molecule has 24 heavy (non-hydrogen) atoms. The molecule has 0 radical (unpaired) electrons. The quantitative estimate of drug-likeness (QED) is 0.824. The lowest BCUT2D eigenvalue weighted by Gasteiger charge is -2.42. The van der Waals surface area contributed by atoms with E-state index in [1.165, 1.54) is 0 Å². The van der Waals surface area contributed by atoms with Crippen molar-refractivity contribution < 1.29 is 14.3 Å². The van der Waals surface area contributed by atoms with Gasteiger partial charge in [-0.25, -0.2) is 0 Å². The SMILES string of the molecule is C[C@@H]1CCCCN1C(=O)[C@@H]1OCC(=O)N(C)[C@@H]1c1ccc(Cl)cc1. The van der Waals surface area contributed by atoms with Crippen molar-refractivity contribution in [3.63, 3.8) is 0 Å². The number of halogens is 1. The van der Waals surface area contributed by atoms with Crippen LogP contribution in [0.1, 0.15) is 37.8 Å². The fourth-order valence-electron chi connectivity index (χ4n) is 3.57. The van der Waals surface area contributed by atoms with Crippen molar-refractivity contribution in [1.29, 1.82) is 0 Å². The van der Waals surface area contributed by atoms with Gasteiger partial charge in [0.05, 0.1) is 6.04 Å². The molecule has 0 aromatic heterocycles. The molecule has 2 fully saturated rings. The summed E-state index contributed by atoms with van der Waals surface area (Å²) in [6.07, 6.45) is 2.51. The Morgan fingerprint density at radius 2 is 1.96 bits per heavy atom. The Labute approximate surface area is 147 Å². The van der Waals surface area contributed by atoms with Crippen LogP contribution in [0, 0.1) is 0 Å². The maximum absolute atomic E-state index is 13.1. The van der Waals surface area contributed by atoms with Gasteiger partial charge in [-0.2, -0.15) is 0 Å². The number of hydrogen-bond donors (Lipinski definition) is 0. The van der Waals surface area contributed by atoms with Gasteiger partial charge in [0.15, 0.2) is 6.10 Å². The van der Waals surface area contributed by atoms with Crippen LogP contribution in [-0.4, -0.2) is 54.0 Å². The molecule has 0 saturated carbocycles. The van der Waals surface area contributed by atoms with Crippen LogP contribution in [-0.2, 0) is 14.3 Å². The second-order valence-electron chi connectivity index (χ2n) is 6.61. The van der Waals surface area contributed by atoms with Crippen LogP contribution in [0.3, 0.4) is 0 Å². The normalized spacial score (nSPS) is 28.1. The molecule has 2 heterocycles. The number of amides is 2. The van der Waals surface area contributed by atoms with Gasteiger partial charge in [0.1, 0.15) is 6.61 Å². The molecular formula is C18H23ClN2O3. The average Bonchev–Trinajstić information content (AvgIpc) is 2.58. The fraction of sp³-hybridized carbons (Fsp3) is 0.556. The summed E-state index contributed by atoms with van der Waals surface area (Å²) in [5.74, 6) is -0.146. The number of carbonyl (C=O) groups is 2. The molecule has 2 aliphatic rings. The average molecular weight is 351 g/mol. The lowest BCUT2D eigenvalue weighted by molar-refractivity contribution is -0.169. The molecule has 3 rings (SSSR count). The van der Waals surface area contributed by atoms with Gasteiger partial charge < -0.3 is 14.5 Å². The van der Waals surface area contributed by atoms with Crippen LogP contribution < -0.4 is 0 Å². The van der Waals surface area contributed by atoms with E-state index in [0.717, 1.165) is 31.4 Å². The van der Waals surface area contributed by atoms with E-state index in [2.05, 4.69) is 6.92 Å². The van der Waals surface area contributed by atoms with Crippen LogP contribution in [0.2, 0.25) is 5.02 Å². The third-order valence-corrected chi connectivity index (χ3v) is 5.28. The van der Waals surface area contributed by atoms with Crippen molar-refractivity contribution in [1.82, 2.24) is 9.80 Å². The van der Waals surface area contributed by atoms with E-state index in [1.54, 1.807) is 24.1 Å². The van der Waals surface area contributed by atoms with Gasteiger partial charge in [0.2, 0.25) is 5.91 Å². The summed E-state index contributed by atoms with van der Waals surface area (Å²) in [5.41, 5.74) is 0.859. The third-order valence-electron chi connectivity index (χ3n) is 5.02. The molecule has 3 atom stereocenters. The predicted molar refractivity (Wildman–Crippen MR) is 91.7 cm³/mol. The van der Waals surface area contributed by atoms with Crippen molar-refractivity contribution in [2.24, 2.45) is 0 Å². The number of likely N-dealkylation sites (tertiary alicyclic amines) is 1. The standard InChI is InChI=1S/C18H23ClN2O3/c1-12-5-3-4-10-21(12)18(23)17-16(20(2)15(22)11-24-17)13-6-8-14(19)9-7-13/h6-9,12,16-17H,3-5,10-11H2,1-2H3/t12-,16-,17-/m1/s1. The van der Waals surface area contributed by atoms with Crippen molar-refractivity contribution in [3.8, 4) is 0 Å². The molecule has 5 nitrogen and oxygen atoms in total.